The van der Waals surface area contributed by atoms with Crippen LogP contribution in [0.1, 0.15) is 24.0 Å². The SMILES string of the molecule is O=C(O)CC/C=C\c1cccc(OCc2ccccc2)c1. The second-order valence-electron chi connectivity index (χ2n) is 4.68. The molecule has 2 aromatic rings. The van der Waals surface area contributed by atoms with Crippen molar-refractivity contribution in [1.82, 2.24) is 0 Å². The van der Waals surface area contributed by atoms with Crippen molar-refractivity contribution in [2.24, 2.45) is 0 Å². The molecule has 0 amide bonds. The monoisotopic (exact) mass is 282 g/mol. The maximum Gasteiger partial charge on any atom is 0.303 e. The van der Waals surface area contributed by atoms with E-state index in [1.165, 1.54) is 0 Å². The molecular formula is C18H18O3. The first kappa shape index (κ1) is 14.9. The van der Waals surface area contributed by atoms with Gasteiger partial charge in [0.25, 0.3) is 0 Å². The van der Waals surface area contributed by atoms with Gasteiger partial charge in [0.1, 0.15) is 12.4 Å². The van der Waals surface area contributed by atoms with Crippen molar-refractivity contribution in [2.45, 2.75) is 19.4 Å². The number of ether oxygens (including phenoxy) is 1. The lowest BCUT2D eigenvalue weighted by Gasteiger charge is -2.06. The summed E-state index contributed by atoms with van der Waals surface area (Å²) in [4.78, 5) is 10.4. The summed E-state index contributed by atoms with van der Waals surface area (Å²) >= 11 is 0. The van der Waals surface area contributed by atoms with Gasteiger partial charge in [0.05, 0.1) is 0 Å². The van der Waals surface area contributed by atoms with Gasteiger partial charge in [-0.3, -0.25) is 4.79 Å². The van der Waals surface area contributed by atoms with E-state index in [1.54, 1.807) is 0 Å². The van der Waals surface area contributed by atoms with E-state index in [0.29, 0.717) is 13.0 Å². The number of allylic oxidation sites excluding steroid dienone is 1. The molecule has 2 aromatic carbocycles. The highest BCUT2D eigenvalue weighted by Crippen LogP contribution is 2.16. The second-order valence-corrected chi connectivity index (χ2v) is 4.68. The van der Waals surface area contributed by atoms with Crippen LogP contribution < -0.4 is 4.74 Å². The summed E-state index contributed by atoms with van der Waals surface area (Å²) in [5.74, 6) is 0.0267. The van der Waals surface area contributed by atoms with Crippen LogP contribution in [0, 0.1) is 0 Å². The molecule has 0 aromatic heterocycles. The van der Waals surface area contributed by atoms with Crippen molar-refractivity contribution in [3.05, 3.63) is 71.8 Å². The van der Waals surface area contributed by atoms with Gasteiger partial charge in [-0.1, -0.05) is 54.6 Å². The Bertz CT molecular complexity index is 603. The van der Waals surface area contributed by atoms with Crippen molar-refractivity contribution < 1.29 is 14.6 Å². The van der Waals surface area contributed by atoms with Crippen molar-refractivity contribution in [1.29, 1.82) is 0 Å². The number of benzene rings is 2. The van der Waals surface area contributed by atoms with Crippen molar-refractivity contribution in [2.75, 3.05) is 0 Å². The Hall–Kier alpha value is -2.55. The lowest BCUT2D eigenvalue weighted by Crippen LogP contribution is -1.94. The molecule has 0 saturated heterocycles. The fraction of sp³-hybridized carbons (Fsp3) is 0.167. The molecule has 0 bridgehead atoms. The number of aliphatic carboxylic acids is 1. The Morgan fingerprint density at radius 2 is 1.90 bits per heavy atom. The van der Waals surface area contributed by atoms with Crippen LogP contribution in [-0.2, 0) is 11.4 Å². The Kier molecular flexibility index (Phi) is 5.59. The van der Waals surface area contributed by atoms with Gasteiger partial charge in [-0.15, -0.1) is 0 Å². The fourth-order valence-electron chi connectivity index (χ4n) is 1.88. The van der Waals surface area contributed by atoms with E-state index in [2.05, 4.69) is 0 Å². The number of carboxylic acid groups (broad SMARTS) is 1. The number of carbonyl (C=O) groups is 1. The minimum atomic E-state index is -0.778. The van der Waals surface area contributed by atoms with E-state index in [0.717, 1.165) is 16.9 Å². The zero-order valence-corrected chi connectivity index (χ0v) is 11.7. The topological polar surface area (TPSA) is 46.5 Å². The van der Waals surface area contributed by atoms with Gasteiger partial charge in [0.2, 0.25) is 0 Å². The fourth-order valence-corrected chi connectivity index (χ4v) is 1.88. The first-order chi connectivity index (χ1) is 10.2. The summed E-state index contributed by atoms with van der Waals surface area (Å²) in [6, 6.07) is 17.7. The minimum absolute atomic E-state index is 0.153. The Labute approximate surface area is 124 Å². The van der Waals surface area contributed by atoms with Crippen LogP contribution >= 0.6 is 0 Å². The molecular weight excluding hydrogens is 264 g/mol. The van der Waals surface area contributed by atoms with E-state index in [9.17, 15) is 4.79 Å². The summed E-state index contributed by atoms with van der Waals surface area (Å²) in [5, 5.41) is 8.58. The van der Waals surface area contributed by atoms with Crippen molar-refractivity contribution in [3.63, 3.8) is 0 Å². The third kappa shape index (κ3) is 5.53. The highest BCUT2D eigenvalue weighted by atomic mass is 16.5. The smallest absolute Gasteiger partial charge is 0.303 e. The predicted octanol–water partition coefficient (Wildman–Crippen LogP) is 4.14. The molecule has 0 aliphatic rings. The predicted molar refractivity (Wildman–Crippen MR) is 83.1 cm³/mol. The van der Waals surface area contributed by atoms with Crippen LogP contribution in [0.2, 0.25) is 0 Å². The van der Waals surface area contributed by atoms with Gasteiger partial charge in [0, 0.05) is 6.42 Å². The highest BCUT2D eigenvalue weighted by Gasteiger charge is 1.97. The summed E-state index contributed by atoms with van der Waals surface area (Å²) in [5.41, 5.74) is 2.13. The lowest BCUT2D eigenvalue weighted by atomic mass is 10.1. The molecule has 1 N–H and O–H groups in total. The van der Waals surface area contributed by atoms with Gasteiger partial charge in [-0.05, 0) is 29.7 Å². The van der Waals surface area contributed by atoms with E-state index < -0.39 is 5.97 Å². The Balaban J connectivity index is 1.90. The molecule has 21 heavy (non-hydrogen) atoms. The molecule has 0 unspecified atom stereocenters. The maximum absolute atomic E-state index is 10.4. The molecule has 0 heterocycles. The molecule has 3 nitrogen and oxygen atoms in total. The summed E-state index contributed by atoms with van der Waals surface area (Å²) in [7, 11) is 0. The lowest BCUT2D eigenvalue weighted by molar-refractivity contribution is -0.136. The van der Waals surface area contributed by atoms with Crippen LogP contribution in [0.15, 0.2) is 60.7 Å². The standard InChI is InChI=1S/C18H18O3/c19-18(20)12-5-4-7-15-10-6-11-17(13-15)21-14-16-8-2-1-3-9-16/h1-4,6-11,13H,5,12,14H2,(H,19,20)/b7-4-. The molecule has 0 aliphatic heterocycles. The zero-order valence-electron chi connectivity index (χ0n) is 11.7. The third-order valence-electron chi connectivity index (χ3n) is 2.94. The summed E-state index contributed by atoms with van der Waals surface area (Å²) in [6.07, 6.45) is 4.47. The van der Waals surface area contributed by atoms with Crippen LogP contribution in [0.4, 0.5) is 0 Å². The van der Waals surface area contributed by atoms with E-state index in [4.69, 9.17) is 9.84 Å². The number of hydrogen-bond acceptors (Lipinski definition) is 2. The number of rotatable bonds is 7. The van der Waals surface area contributed by atoms with Crippen LogP contribution in [0.3, 0.4) is 0 Å². The van der Waals surface area contributed by atoms with E-state index >= 15 is 0 Å². The first-order valence-corrected chi connectivity index (χ1v) is 6.89. The zero-order chi connectivity index (χ0) is 14.9. The molecule has 0 aliphatic carbocycles. The largest absolute Gasteiger partial charge is 0.489 e. The number of carboxylic acids is 1. The van der Waals surface area contributed by atoms with Crippen molar-refractivity contribution >= 4 is 12.0 Å². The molecule has 108 valence electrons. The Morgan fingerprint density at radius 3 is 2.67 bits per heavy atom. The van der Waals surface area contributed by atoms with Crippen LogP contribution in [-0.4, -0.2) is 11.1 Å². The van der Waals surface area contributed by atoms with Crippen molar-refractivity contribution in [3.8, 4) is 5.75 Å². The molecule has 0 radical (unpaired) electrons. The first-order valence-electron chi connectivity index (χ1n) is 6.89. The van der Waals surface area contributed by atoms with Crippen LogP contribution in [0.25, 0.3) is 6.08 Å². The average molecular weight is 282 g/mol. The van der Waals surface area contributed by atoms with E-state index in [-0.39, 0.29) is 6.42 Å². The Morgan fingerprint density at radius 1 is 1.10 bits per heavy atom. The van der Waals surface area contributed by atoms with Gasteiger partial charge in [-0.2, -0.15) is 0 Å². The van der Waals surface area contributed by atoms with Gasteiger partial charge >= 0.3 is 5.97 Å². The molecule has 0 spiro atoms. The quantitative estimate of drug-likeness (QED) is 0.830. The molecule has 0 fully saturated rings. The normalized spacial score (nSPS) is 10.7. The average Bonchev–Trinajstić information content (AvgIpc) is 2.51. The molecule has 3 heteroatoms. The molecule has 0 atom stereocenters. The van der Waals surface area contributed by atoms with Gasteiger partial charge in [0.15, 0.2) is 0 Å². The molecule has 2 rings (SSSR count). The highest BCUT2D eigenvalue weighted by molar-refractivity contribution is 5.67. The minimum Gasteiger partial charge on any atom is -0.489 e. The third-order valence-corrected chi connectivity index (χ3v) is 2.94. The maximum atomic E-state index is 10.4. The van der Waals surface area contributed by atoms with Crippen LogP contribution in [0.5, 0.6) is 5.75 Å². The number of hydrogen-bond donors (Lipinski definition) is 1. The van der Waals surface area contributed by atoms with Gasteiger partial charge < -0.3 is 9.84 Å². The second kappa shape index (κ2) is 7.90. The molecule has 0 saturated carbocycles. The van der Waals surface area contributed by atoms with E-state index in [1.807, 2.05) is 66.7 Å². The summed E-state index contributed by atoms with van der Waals surface area (Å²) < 4.78 is 5.75. The summed E-state index contributed by atoms with van der Waals surface area (Å²) in [6.45, 7) is 0.535. The van der Waals surface area contributed by atoms with Gasteiger partial charge in [-0.25, -0.2) is 0 Å².